The van der Waals surface area contributed by atoms with Gasteiger partial charge in [-0.2, -0.15) is 0 Å². The molecule has 0 unspecified atom stereocenters. The Morgan fingerprint density at radius 1 is 1.14 bits per heavy atom. The quantitative estimate of drug-likeness (QED) is 0.926. The number of carbonyl (C=O) groups is 1. The summed E-state index contributed by atoms with van der Waals surface area (Å²) in [4.78, 5) is 16.2. The maximum atomic E-state index is 11.9. The zero-order chi connectivity index (χ0) is 15.3. The van der Waals surface area contributed by atoms with E-state index in [0.717, 1.165) is 11.3 Å². The van der Waals surface area contributed by atoms with E-state index in [1.54, 1.807) is 12.3 Å². The second kappa shape index (κ2) is 6.39. The Labute approximate surface area is 125 Å². The van der Waals surface area contributed by atoms with Gasteiger partial charge in [-0.3, -0.25) is 10.3 Å². The van der Waals surface area contributed by atoms with E-state index < -0.39 is 11.7 Å². The summed E-state index contributed by atoms with van der Waals surface area (Å²) in [5, 5.41) is 2.76. The Hall–Kier alpha value is -2.36. The summed E-state index contributed by atoms with van der Waals surface area (Å²) >= 11 is 0. The molecule has 1 aromatic carbocycles. The number of benzene rings is 1. The molecule has 0 aliphatic heterocycles. The Bertz CT molecular complexity index is 604. The highest BCUT2D eigenvalue weighted by Crippen LogP contribution is 2.18. The smallest absolute Gasteiger partial charge is 0.412 e. The van der Waals surface area contributed by atoms with Crippen LogP contribution < -0.4 is 5.32 Å². The van der Waals surface area contributed by atoms with E-state index in [4.69, 9.17) is 4.74 Å². The molecule has 0 saturated heterocycles. The van der Waals surface area contributed by atoms with E-state index in [9.17, 15) is 4.79 Å². The molecule has 110 valence electrons. The Morgan fingerprint density at radius 2 is 1.86 bits per heavy atom. The Balaban J connectivity index is 2.12. The molecule has 0 aliphatic rings. The van der Waals surface area contributed by atoms with Crippen LogP contribution in [0.25, 0.3) is 0 Å². The molecule has 0 aliphatic carbocycles. The highest BCUT2D eigenvalue weighted by Gasteiger charge is 2.17. The molecule has 1 amide bonds. The van der Waals surface area contributed by atoms with Crippen LogP contribution in [-0.2, 0) is 11.2 Å². The monoisotopic (exact) mass is 284 g/mol. The lowest BCUT2D eigenvalue weighted by atomic mass is 10.1. The van der Waals surface area contributed by atoms with Crippen LogP contribution in [0.4, 0.5) is 10.5 Å². The number of nitrogens with one attached hydrogen (secondary N) is 1. The van der Waals surface area contributed by atoms with Crippen molar-refractivity contribution in [3.8, 4) is 0 Å². The summed E-state index contributed by atoms with van der Waals surface area (Å²) < 4.78 is 5.27. The highest BCUT2D eigenvalue weighted by molar-refractivity contribution is 5.85. The number of anilines is 1. The lowest BCUT2D eigenvalue weighted by molar-refractivity contribution is 0.0635. The third-order valence-corrected chi connectivity index (χ3v) is 2.74. The van der Waals surface area contributed by atoms with E-state index >= 15 is 0 Å². The predicted molar refractivity (Wildman–Crippen MR) is 83.3 cm³/mol. The first-order valence-corrected chi connectivity index (χ1v) is 6.92. The molecule has 1 heterocycles. The lowest BCUT2D eigenvalue weighted by Crippen LogP contribution is -2.27. The van der Waals surface area contributed by atoms with Crippen LogP contribution >= 0.6 is 0 Å². The number of hydrogen-bond acceptors (Lipinski definition) is 3. The fraction of sp³-hybridized carbons (Fsp3) is 0.294. The van der Waals surface area contributed by atoms with Crippen LogP contribution in [0.1, 0.15) is 32.0 Å². The average molecular weight is 284 g/mol. The maximum absolute atomic E-state index is 11.9. The zero-order valence-electron chi connectivity index (χ0n) is 12.6. The van der Waals surface area contributed by atoms with E-state index in [0.29, 0.717) is 12.1 Å². The molecule has 0 bridgehead atoms. The van der Waals surface area contributed by atoms with Crippen molar-refractivity contribution >= 4 is 11.8 Å². The SMILES string of the molecule is CC(C)(C)OC(=O)Nc1cccnc1Cc1ccccc1. The standard InChI is InChI=1S/C17H20N2O2/c1-17(2,3)21-16(20)19-14-10-7-11-18-15(14)12-13-8-5-4-6-9-13/h4-11H,12H2,1-3H3,(H,19,20). The largest absolute Gasteiger partial charge is 0.444 e. The van der Waals surface area contributed by atoms with Crippen molar-refractivity contribution in [1.29, 1.82) is 0 Å². The first-order valence-electron chi connectivity index (χ1n) is 6.92. The number of amides is 1. The van der Waals surface area contributed by atoms with Gasteiger partial charge in [0.2, 0.25) is 0 Å². The summed E-state index contributed by atoms with van der Waals surface area (Å²) in [5.74, 6) is 0. The van der Waals surface area contributed by atoms with Crippen LogP contribution in [0.15, 0.2) is 48.7 Å². The molecule has 0 radical (unpaired) electrons. The van der Waals surface area contributed by atoms with Crippen LogP contribution in [0.5, 0.6) is 0 Å². The van der Waals surface area contributed by atoms with Crippen LogP contribution in [0.2, 0.25) is 0 Å². The number of ether oxygens (including phenoxy) is 1. The fourth-order valence-electron chi connectivity index (χ4n) is 1.90. The van der Waals surface area contributed by atoms with Crippen LogP contribution in [-0.4, -0.2) is 16.7 Å². The van der Waals surface area contributed by atoms with Crippen molar-refractivity contribution in [3.05, 3.63) is 59.9 Å². The first kappa shape index (κ1) is 15.0. The summed E-state index contributed by atoms with van der Waals surface area (Å²) in [6.07, 6.45) is 1.91. The summed E-state index contributed by atoms with van der Waals surface area (Å²) in [6.45, 7) is 5.50. The van der Waals surface area contributed by atoms with Crippen molar-refractivity contribution in [2.45, 2.75) is 32.8 Å². The molecule has 0 fully saturated rings. The van der Waals surface area contributed by atoms with E-state index in [1.807, 2.05) is 57.2 Å². The van der Waals surface area contributed by atoms with Gasteiger partial charge < -0.3 is 4.74 Å². The highest BCUT2D eigenvalue weighted by atomic mass is 16.6. The van der Waals surface area contributed by atoms with Gasteiger partial charge in [-0.25, -0.2) is 4.79 Å². The second-order valence-electron chi connectivity index (χ2n) is 5.79. The Morgan fingerprint density at radius 3 is 2.52 bits per heavy atom. The lowest BCUT2D eigenvalue weighted by Gasteiger charge is -2.20. The number of nitrogens with zero attached hydrogens (tertiary/aromatic N) is 1. The third kappa shape index (κ3) is 4.91. The third-order valence-electron chi connectivity index (χ3n) is 2.74. The fourth-order valence-corrected chi connectivity index (χ4v) is 1.90. The number of aromatic nitrogens is 1. The number of carbonyl (C=O) groups excluding carboxylic acids is 1. The minimum atomic E-state index is -0.522. The number of hydrogen-bond donors (Lipinski definition) is 1. The molecule has 1 N–H and O–H groups in total. The minimum absolute atomic E-state index is 0.468. The van der Waals surface area contributed by atoms with Crippen molar-refractivity contribution in [1.82, 2.24) is 4.98 Å². The van der Waals surface area contributed by atoms with Gasteiger partial charge in [-0.15, -0.1) is 0 Å². The van der Waals surface area contributed by atoms with Gasteiger partial charge in [0.1, 0.15) is 5.60 Å². The van der Waals surface area contributed by atoms with Gasteiger partial charge >= 0.3 is 6.09 Å². The van der Waals surface area contributed by atoms with E-state index in [1.165, 1.54) is 0 Å². The molecule has 0 saturated carbocycles. The van der Waals surface area contributed by atoms with Crippen LogP contribution in [0.3, 0.4) is 0 Å². The number of pyridine rings is 1. The molecule has 2 rings (SSSR count). The second-order valence-corrected chi connectivity index (χ2v) is 5.79. The van der Waals surface area contributed by atoms with Crippen molar-refractivity contribution in [2.75, 3.05) is 5.32 Å². The maximum Gasteiger partial charge on any atom is 0.412 e. The Kier molecular flexibility index (Phi) is 4.58. The molecular formula is C17H20N2O2. The summed E-state index contributed by atoms with van der Waals surface area (Å²) in [7, 11) is 0. The van der Waals surface area contributed by atoms with Gasteiger partial charge in [0.15, 0.2) is 0 Å². The van der Waals surface area contributed by atoms with Crippen molar-refractivity contribution < 1.29 is 9.53 Å². The molecule has 4 heteroatoms. The first-order chi connectivity index (χ1) is 9.94. The van der Waals surface area contributed by atoms with Gasteiger partial charge in [0.05, 0.1) is 11.4 Å². The molecule has 1 aromatic heterocycles. The molecule has 21 heavy (non-hydrogen) atoms. The zero-order valence-corrected chi connectivity index (χ0v) is 12.6. The van der Waals surface area contributed by atoms with Crippen LogP contribution in [0, 0.1) is 0 Å². The molecular weight excluding hydrogens is 264 g/mol. The van der Waals surface area contributed by atoms with Crippen molar-refractivity contribution in [3.63, 3.8) is 0 Å². The molecule has 4 nitrogen and oxygen atoms in total. The number of rotatable bonds is 3. The van der Waals surface area contributed by atoms with Gasteiger partial charge in [-0.05, 0) is 38.5 Å². The minimum Gasteiger partial charge on any atom is -0.444 e. The molecule has 2 aromatic rings. The topological polar surface area (TPSA) is 51.2 Å². The van der Waals surface area contributed by atoms with Gasteiger partial charge in [0.25, 0.3) is 0 Å². The molecule has 0 atom stereocenters. The van der Waals surface area contributed by atoms with E-state index in [2.05, 4.69) is 10.3 Å². The van der Waals surface area contributed by atoms with E-state index in [-0.39, 0.29) is 0 Å². The van der Waals surface area contributed by atoms with Gasteiger partial charge in [-0.1, -0.05) is 30.3 Å². The summed E-state index contributed by atoms with van der Waals surface area (Å²) in [6, 6.07) is 13.6. The van der Waals surface area contributed by atoms with Crippen molar-refractivity contribution in [2.24, 2.45) is 0 Å². The predicted octanol–water partition coefficient (Wildman–Crippen LogP) is 4.02. The molecule has 0 spiro atoms. The normalized spacial score (nSPS) is 11.0. The summed E-state index contributed by atoms with van der Waals surface area (Å²) in [5.41, 5.74) is 2.11. The average Bonchev–Trinajstić information content (AvgIpc) is 2.40. The van der Waals surface area contributed by atoms with Gasteiger partial charge in [0, 0.05) is 12.6 Å².